The highest BCUT2D eigenvalue weighted by molar-refractivity contribution is 5.25. The molecule has 96 valence electrons. The predicted molar refractivity (Wildman–Crippen MR) is 73.2 cm³/mol. The lowest BCUT2D eigenvalue weighted by Crippen LogP contribution is -2.17. The molecule has 1 N–H and O–H groups in total. The van der Waals surface area contributed by atoms with Crippen LogP contribution in [0, 0.1) is 12.8 Å². The number of ether oxygens (including phenoxy) is 1. The van der Waals surface area contributed by atoms with Crippen LogP contribution in [-0.4, -0.2) is 19.8 Å². The summed E-state index contributed by atoms with van der Waals surface area (Å²) in [6.07, 6.45) is 1.08. The van der Waals surface area contributed by atoms with Gasteiger partial charge < -0.3 is 10.1 Å². The second kappa shape index (κ2) is 8.26. The molecule has 0 spiro atoms. The van der Waals surface area contributed by atoms with Crippen LogP contribution >= 0.6 is 0 Å². The summed E-state index contributed by atoms with van der Waals surface area (Å²) in [5.74, 6) is 0.634. The van der Waals surface area contributed by atoms with Crippen LogP contribution in [0.15, 0.2) is 24.3 Å². The third-order valence-corrected chi connectivity index (χ3v) is 2.67. The number of hydrogen-bond donors (Lipinski definition) is 1. The average Bonchev–Trinajstić information content (AvgIpc) is 2.30. The highest BCUT2D eigenvalue weighted by Gasteiger charge is 1.96. The van der Waals surface area contributed by atoms with Gasteiger partial charge in [-0.25, -0.2) is 0 Å². The molecule has 0 aliphatic heterocycles. The van der Waals surface area contributed by atoms with Gasteiger partial charge in [0, 0.05) is 19.8 Å². The summed E-state index contributed by atoms with van der Waals surface area (Å²) in [6, 6.07) is 8.51. The quantitative estimate of drug-likeness (QED) is 0.699. The molecule has 2 nitrogen and oxygen atoms in total. The van der Waals surface area contributed by atoms with Gasteiger partial charge in [0.15, 0.2) is 0 Å². The fourth-order valence-electron chi connectivity index (χ4n) is 1.65. The van der Waals surface area contributed by atoms with E-state index in [1.165, 1.54) is 11.1 Å². The zero-order valence-corrected chi connectivity index (χ0v) is 11.3. The molecule has 17 heavy (non-hydrogen) atoms. The van der Waals surface area contributed by atoms with Crippen LogP contribution in [0.25, 0.3) is 0 Å². The van der Waals surface area contributed by atoms with Crippen molar-refractivity contribution in [1.29, 1.82) is 0 Å². The van der Waals surface area contributed by atoms with Crippen molar-refractivity contribution in [2.24, 2.45) is 5.92 Å². The van der Waals surface area contributed by atoms with Gasteiger partial charge in [-0.1, -0.05) is 38.1 Å². The van der Waals surface area contributed by atoms with Crippen LogP contribution in [0.3, 0.4) is 0 Å². The highest BCUT2D eigenvalue weighted by Crippen LogP contribution is 2.05. The lowest BCUT2D eigenvalue weighted by Gasteiger charge is -2.09. The van der Waals surface area contributed by atoms with Crippen LogP contribution in [0.5, 0.6) is 0 Å². The molecule has 0 bridgehead atoms. The van der Waals surface area contributed by atoms with Crippen molar-refractivity contribution in [1.82, 2.24) is 5.32 Å². The summed E-state index contributed by atoms with van der Waals surface area (Å²) < 4.78 is 5.53. The van der Waals surface area contributed by atoms with Gasteiger partial charge in [-0.05, 0) is 36.9 Å². The third-order valence-electron chi connectivity index (χ3n) is 2.67. The summed E-state index contributed by atoms with van der Waals surface area (Å²) in [4.78, 5) is 0. The van der Waals surface area contributed by atoms with Crippen LogP contribution in [0.4, 0.5) is 0 Å². The zero-order valence-electron chi connectivity index (χ0n) is 11.3. The molecule has 0 amide bonds. The van der Waals surface area contributed by atoms with E-state index in [-0.39, 0.29) is 0 Å². The summed E-state index contributed by atoms with van der Waals surface area (Å²) in [5, 5.41) is 3.45. The number of nitrogens with one attached hydrogen (secondary N) is 1. The first-order valence-electron chi connectivity index (χ1n) is 6.53. The van der Waals surface area contributed by atoms with Crippen molar-refractivity contribution in [2.45, 2.75) is 33.7 Å². The van der Waals surface area contributed by atoms with Gasteiger partial charge in [-0.2, -0.15) is 0 Å². The Kier molecular flexibility index (Phi) is 6.90. The Morgan fingerprint density at radius 1 is 1.24 bits per heavy atom. The zero-order chi connectivity index (χ0) is 12.5. The Morgan fingerprint density at radius 3 is 2.71 bits per heavy atom. The first kappa shape index (κ1) is 14.2. The van der Waals surface area contributed by atoms with E-state index >= 15 is 0 Å². The monoisotopic (exact) mass is 235 g/mol. The molecule has 1 aromatic carbocycles. The van der Waals surface area contributed by atoms with Crippen molar-refractivity contribution in [2.75, 3.05) is 19.8 Å². The predicted octanol–water partition coefficient (Wildman–Crippen LogP) is 3.15. The molecular weight excluding hydrogens is 210 g/mol. The molecule has 0 aliphatic carbocycles. The first-order valence-corrected chi connectivity index (χ1v) is 6.53. The normalized spacial score (nSPS) is 11.1. The van der Waals surface area contributed by atoms with E-state index in [4.69, 9.17) is 4.74 Å². The molecule has 0 aliphatic rings. The van der Waals surface area contributed by atoms with Gasteiger partial charge in [-0.3, -0.25) is 0 Å². The molecule has 0 atom stereocenters. The first-order chi connectivity index (χ1) is 8.20. The van der Waals surface area contributed by atoms with Crippen molar-refractivity contribution in [3.63, 3.8) is 0 Å². The maximum absolute atomic E-state index is 5.53. The van der Waals surface area contributed by atoms with Crippen LogP contribution in [-0.2, 0) is 11.3 Å². The summed E-state index contributed by atoms with van der Waals surface area (Å²) >= 11 is 0. The Labute approximate surface area is 105 Å². The van der Waals surface area contributed by atoms with E-state index < -0.39 is 0 Å². The van der Waals surface area contributed by atoms with E-state index in [0.717, 1.165) is 32.7 Å². The van der Waals surface area contributed by atoms with Gasteiger partial charge >= 0.3 is 0 Å². The molecule has 1 aromatic rings. The lowest BCUT2D eigenvalue weighted by atomic mass is 10.1. The molecular formula is C15H25NO. The van der Waals surface area contributed by atoms with Crippen molar-refractivity contribution in [3.05, 3.63) is 35.4 Å². The maximum Gasteiger partial charge on any atom is 0.0489 e. The average molecular weight is 235 g/mol. The summed E-state index contributed by atoms with van der Waals surface area (Å²) in [6.45, 7) is 10.2. The van der Waals surface area contributed by atoms with Gasteiger partial charge in [-0.15, -0.1) is 0 Å². The molecule has 0 radical (unpaired) electrons. The minimum absolute atomic E-state index is 0.634. The molecule has 0 unspecified atom stereocenters. The summed E-state index contributed by atoms with van der Waals surface area (Å²) in [7, 11) is 0. The summed E-state index contributed by atoms with van der Waals surface area (Å²) in [5.41, 5.74) is 2.74. The van der Waals surface area contributed by atoms with E-state index in [2.05, 4.69) is 50.4 Å². The van der Waals surface area contributed by atoms with Gasteiger partial charge in [0.05, 0.1) is 0 Å². The standard InChI is InChI=1S/C15H25NO/c1-13(2)12-17-10-6-9-16-11-15-8-5-4-7-14(15)3/h4-5,7-8,13,16H,6,9-12H2,1-3H3. The molecule has 0 heterocycles. The smallest absolute Gasteiger partial charge is 0.0489 e. The molecule has 1 rings (SSSR count). The van der Waals surface area contributed by atoms with Crippen molar-refractivity contribution >= 4 is 0 Å². The number of benzene rings is 1. The van der Waals surface area contributed by atoms with E-state index in [9.17, 15) is 0 Å². The molecule has 2 heteroatoms. The van der Waals surface area contributed by atoms with Crippen LogP contribution < -0.4 is 5.32 Å². The van der Waals surface area contributed by atoms with Crippen molar-refractivity contribution in [3.8, 4) is 0 Å². The molecule has 0 saturated heterocycles. The number of aryl methyl sites for hydroxylation is 1. The van der Waals surface area contributed by atoms with Crippen LogP contribution in [0.2, 0.25) is 0 Å². The Hall–Kier alpha value is -0.860. The SMILES string of the molecule is Cc1ccccc1CNCCCOCC(C)C. The largest absolute Gasteiger partial charge is 0.381 e. The molecule has 0 aromatic heterocycles. The second-order valence-electron chi connectivity index (χ2n) is 4.93. The van der Waals surface area contributed by atoms with Gasteiger partial charge in [0.2, 0.25) is 0 Å². The Morgan fingerprint density at radius 2 is 2.00 bits per heavy atom. The minimum Gasteiger partial charge on any atom is -0.381 e. The highest BCUT2D eigenvalue weighted by atomic mass is 16.5. The third kappa shape index (κ3) is 6.44. The van der Waals surface area contributed by atoms with Crippen LogP contribution in [0.1, 0.15) is 31.4 Å². The topological polar surface area (TPSA) is 21.3 Å². The van der Waals surface area contributed by atoms with E-state index in [0.29, 0.717) is 5.92 Å². The fourth-order valence-corrected chi connectivity index (χ4v) is 1.65. The Balaban J connectivity index is 2.03. The molecule has 0 saturated carbocycles. The van der Waals surface area contributed by atoms with Gasteiger partial charge in [0.1, 0.15) is 0 Å². The maximum atomic E-state index is 5.53. The number of hydrogen-bond acceptors (Lipinski definition) is 2. The second-order valence-corrected chi connectivity index (χ2v) is 4.93. The van der Waals surface area contributed by atoms with E-state index in [1.54, 1.807) is 0 Å². The van der Waals surface area contributed by atoms with Gasteiger partial charge in [0.25, 0.3) is 0 Å². The fraction of sp³-hybridized carbons (Fsp3) is 0.600. The minimum atomic E-state index is 0.634. The van der Waals surface area contributed by atoms with E-state index in [1.807, 2.05) is 0 Å². The Bertz CT molecular complexity index is 310. The number of rotatable bonds is 8. The molecule has 0 fully saturated rings. The van der Waals surface area contributed by atoms with Crippen molar-refractivity contribution < 1.29 is 4.74 Å². The lowest BCUT2D eigenvalue weighted by molar-refractivity contribution is 0.108.